The Kier molecular flexibility index (Phi) is 7.88. The zero-order valence-corrected chi connectivity index (χ0v) is 22.8. The van der Waals surface area contributed by atoms with Crippen LogP contribution in [-0.2, 0) is 0 Å². The van der Waals surface area contributed by atoms with Crippen LogP contribution in [0, 0.1) is 40.8 Å². The van der Waals surface area contributed by atoms with Crippen LogP contribution in [0.5, 0.6) is 5.88 Å². The van der Waals surface area contributed by atoms with E-state index in [1.807, 2.05) is 0 Å². The van der Waals surface area contributed by atoms with Crippen molar-refractivity contribution in [3.63, 3.8) is 0 Å². The van der Waals surface area contributed by atoms with Crippen molar-refractivity contribution in [3.8, 4) is 17.1 Å². The summed E-state index contributed by atoms with van der Waals surface area (Å²) in [5, 5.41) is 8.89. The molecular formula is C30H41ClFN3O. The number of ether oxygens (including phenoxy) is 1. The van der Waals surface area contributed by atoms with Crippen LogP contribution in [0.15, 0.2) is 30.3 Å². The van der Waals surface area contributed by atoms with Crippen molar-refractivity contribution >= 4 is 11.6 Å². The summed E-state index contributed by atoms with van der Waals surface area (Å²) in [6.07, 6.45) is 9.43. The van der Waals surface area contributed by atoms with Crippen molar-refractivity contribution in [2.24, 2.45) is 35.0 Å². The van der Waals surface area contributed by atoms with Gasteiger partial charge in [0, 0.05) is 31.3 Å². The summed E-state index contributed by atoms with van der Waals surface area (Å²) in [4.78, 5) is 2.81. The van der Waals surface area contributed by atoms with Crippen molar-refractivity contribution < 1.29 is 9.13 Å². The Balaban J connectivity index is 1.11. The lowest BCUT2D eigenvalue weighted by atomic mass is 9.73. The third-order valence-corrected chi connectivity index (χ3v) is 9.59. The summed E-state index contributed by atoms with van der Waals surface area (Å²) in [6.45, 7) is 11.9. The fourth-order valence-corrected chi connectivity index (χ4v) is 7.78. The zero-order chi connectivity index (χ0) is 25.3. The molecule has 1 aromatic heterocycles. The summed E-state index contributed by atoms with van der Waals surface area (Å²) in [6, 6.07) is 7.86. The van der Waals surface area contributed by atoms with Gasteiger partial charge < -0.3 is 9.64 Å². The quantitative estimate of drug-likeness (QED) is 0.359. The van der Waals surface area contributed by atoms with Gasteiger partial charge in [-0.1, -0.05) is 45.2 Å². The van der Waals surface area contributed by atoms with Gasteiger partial charge in [-0.25, -0.2) is 4.39 Å². The minimum Gasteiger partial charge on any atom is -0.476 e. The highest BCUT2D eigenvalue weighted by Gasteiger charge is 2.44. The summed E-state index contributed by atoms with van der Waals surface area (Å²) < 4.78 is 19.6. The van der Waals surface area contributed by atoms with E-state index in [0.29, 0.717) is 40.1 Å². The average Bonchev–Trinajstić information content (AvgIpc) is 3.36. The lowest BCUT2D eigenvalue weighted by molar-refractivity contribution is 0.110. The Labute approximate surface area is 221 Å². The van der Waals surface area contributed by atoms with Gasteiger partial charge in [0.1, 0.15) is 5.82 Å². The fraction of sp³-hybridized carbons (Fsp3) is 0.667. The number of aromatic nitrogens is 2. The third kappa shape index (κ3) is 5.88. The van der Waals surface area contributed by atoms with E-state index in [0.717, 1.165) is 23.7 Å². The molecule has 1 saturated heterocycles. The maximum Gasteiger partial charge on any atom is 0.233 e. The molecule has 2 aromatic rings. The van der Waals surface area contributed by atoms with Crippen molar-refractivity contribution in [2.75, 3.05) is 26.2 Å². The number of benzene rings is 1. The van der Waals surface area contributed by atoms with Crippen LogP contribution in [0.1, 0.15) is 65.7 Å². The van der Waals surface area contributed by atoms with Gasteiger partial charge in [0.05, 0.1) is 17.3 Å². The lowest BCUT2D eigenvalue weighted by Gasteiger charge is -2.38. The molecule has 0 spiro atoms. The second-order valence-corrected chi connectivity index (χ2v) is 12.7. The topological polar surface area (TPSA) is 38.2 Å². The highest BCUT2D eigenvalue weighted by Crippen LogP contribution is 2.47. The molecule has 3 fully saturated rings. The van der Waals surface area contributed by atoms with Crippen LogP contribution in [0.2, 0.25) is 5.02 Å². The van der Waals surface area contributed by atoms with Crippen LogP contribution < -0.4 is 4.74 Å². The molecule has 0 bridgehead atoms. The molecule has 36 heavy (non-hydrogen) atoms. The number of halogens is 2. The Bertz CT molecular complexity index is 1010. The average molecular weight is 514 g/mol. The molecule has 0 radical (unpaired) electrons. The van der Waals surface area contributed by atoms with Gasteiger partial charge in [0.15, 0.2) is 0 Å². The molecule has 5 atom stereocenters. The van der Waals surface area contributed by atoms with Gasteiger partial charge in [0.2, 0.25) is 5.88 Å². The molecule has 2 saturated carbocycles. The first-order chi connectivity index (χ1) is 17.3. The molecular weight excluding hydrogens is 473 g/mol. The summed E-state index contributed by atoms with van der Waals surface area (Å²) in [5.74, 6) is 4.09. The van der Waals surface area contributed by atoms with E-state index < -0.39 is 0 Å². The van der Waals surface area contributed by atoms with E-state index in [2.05, 4.69) is 35.9 Å². The van der Waals surface area contributed by atoms with E-state index in [4.69, 9.17) is 16.3 Å². The standard InChI is InChI=1S/C30H41ClFN3O/c1-4-30(14-20(2)5-6-21(3)15-30)19-35-16-23-11-22(12-24(23)17-35)18-36-29-10-9-28(33-34-29)26-13-25(32)7-8-27(26)31/h7-10,13,20-24H,4-6,11-12,14-19H2,1-3H3/t20?,21?,22?,23-,24+,30?. The normalized spacial score (nSPS) is 32.9. The number of nitrogens with zero attached hydrogens (tertiary/aromatic N) is 3. The first kappa shape index (κ1) is 25.9. The number of hydrogen-bond acceptors (Lipinski definition) is 4. The summed E-state index contributed by atoms with van der Waals surface area (Å²) in [5.41, 5.74) is 1.60. The molecule has 196 valence electrons. The highest BCUT2D eigenvalue weighted by molar-refractivity contribution is 6.33. The molecule has 0 amide bonds. The van der Waals surface area contributed by atoms with E-state index in [1.54, 1.807) is 12.1 Å². The molecule has 1 aromatic carbocycles. The van der Waals surface area contributed by atoms with E-state index in [1.165, 1.54) is 82.8 Å². The molecule has 3 unspecified atom stereocenters. The van der Waals surface area contributed by atoms with Crippen LogP contribution in [0.4, 0.5) is 4.39 Å². The van der Waals surface area contributed by atoms with Crippen molar-refractivity contribution in [2.45, 2.75) is 65.7 Å². The highest BCUT2D eigenvalue weighted by atomic mass is 35.5. The smallest absolute Gasteiger partial charge is 0.233 e. The van der Waals surface area contributed by atoms with Gasteiger partial charge in [-0.2, -0.15) is 0 Å². The minimum absolute atomic E-state index is 0.343. The van der Waals surface area contributed by atoms with Crippen molar-refractivity contribution in [1.29, 1.82) is 0 Å². The predicted molar refractivity (Wildman–Crippen MR) is 144 cm³/mol. The van der Waals surface area contributed by atoms with Crippen LogP contribution in [-0.4, -0.2) is 41.3 Å². The molecule has 3 aliphatic rings. The maximum absolute atomic E-state index is 13.6. The van der Waals surface area contributed by atoms with Gasteiger partial charge in [-0.3, -0.25) is 0 Å². The zero-order valence-electron chi connectivity index (χ0n) is 22.1. The van der Waals surface area contributed by atoms with Gasteiger partial charge in [-0.05, 0) is 91.4 Å². The van der Waals surface area contributed by atoms with E-state index in [9.17, 15) is 4.39 Å². The van der Waals surface area contributed by atoms with Crippen molar-refractivity contribution in [3.05, 3.63) is 41.2 Å². The minimum atomic E-state index is -0.343. The Morgan fingerprint density at radius 2 is 1.72 bits per heavy atom. The predicted octanol–water partition coefficient (Wildman–Crippen LogP) is 7.52. The molecule has 4 nitrogen and oxygen atoms in total. The van der Waals surface area contributed by atoms with Gasteiger partial charge >= 0.3 is 0 Å². The second kappa shape index (κ2) is 10.9. The number of rotatable bonds is 7. The monoisotopic (exact) mass is 513 g/mol. The van der Waals surface area contributed by atoms with Crippen molar-refractivity contribution in [1.82, 2.24) is 15.1 Å². The molecule has 2 heterocycles. The van der Waals surface area contributed by atoms with Gasteiger partial charge in [0.25, 0.3) is 0 Å². The fourth-order valence-electron chi connectivity index (χ4n) is 7.56. The molecule has 0 N–H and O–H groups in total. The van der Waals surface area contributed by atoms with Gasteiger partial charge in [-0.15, -0.1) is 10.2 Å². The number of hydrogen-bond donors (Lipinski definition) is 0. The van der Waals surface area contributed by atoms with Crippen LogP contribution in [0.3, 0.4) is 0 Å². The number of fused-ring (bicyclic) bond motifs is 1. The summed E-state index contributed by atoms with van der Waals surface area (Å²) in [7, 11) is 0. The summed E-state index contributed by atoms with van der Waals surface area (Å²) >= 11 is 6.20. The first-order valence-electron chi connectivity index (χ1n) is 14.0. The number of likely N-dealkylation sites (tertiary alicyclic amines) is 1. The van der Waals surface area contributed by atoms with E-state index >= 15 is 0 Å². The first-order valence-corrected chi connectivity index (χ1v) is 14.3. The Morgan fingerprint density at radius 3 is 2.33 bits per heavy atom. The largest absolute Gasteiger partial charge is 0.476 e. The maximum atomic E-state index is 13.6. The Hall–Kier alpha value is -1.72. The van der Waals surface area contributed by atoms with Crippen LogP contribution in [0.25, 0.3) is 11.3 Å². The molecule has 5 rings (SSSR count). The van der Waals surface area contributed by atoms with E-state index in [-0.39, 0.29) is 5.82 Å². The molecule has 1 aliphatic heterocycles. The molecule has 2 aliphatic carbocycles. The van der Waals surface area contributed by atoms with Crippen LogP contribution >= 0.6 is 11.6 Å². The third-order valence-electron chi connectivity index (χ3n) is 9.26. The Morgan fingerprint density at radius 1 is 1.03 bits per heavy atom. The second-order valence-electron chi connectivity index (χ2n) is 12.3. The lowest BCUT2D eigenvalue weighted by Crippen LogP contribution is -2.38. The SMILES string of the molecule is CCC1(CN2C[C@H]3CC(COc4ccc(-c5cc(F)ccc5Cl)nn4)C[C@H]3C2)CC(C)CCC(C)C1. The molecule has 6 heteroatoms.